The summed E-state index contributed by atoms with van der Waals surface area (Å²) in [5.41, 5.74) is 4.59. The number of aryl methyl sites for hydroxylation is 1. The summed E-state index contributed by atoms with van der Waals surface area (Å²) in [5.74, 6) is -1.50. The molecule has 1 heterocycles. The normalized spacial score (nSPS) is 17.1. The SMILES string of the molecule is CCc1ccc(NC(O)[C@H](CCCNC(N)=O)NC(=O)[C@@H](NC(=O)C(C)(C)CC(C)(C)N2C(=O)CC(C)(C(C)C)CC2=O)C(C)C)cc1. The predicted molar refractivity (Wildman–Crippen MR) is 187 cm³/mol. The average Bonchev–Trinajstić information content (AvgIpc) is 2.95. The van der Waals surface area contributed by atoms with Crippen LogP contribution in [0, 0.1) is 22.7 Å². The molecule has 3 atom stereocenters. The minimum Gasteiger partial charge on any atom is -0.372 e. The summed E-state index contributed by atoms with van der Waals surface area (Å²) in [6.07, 6.45) is 1.12. The van der Waals surface area contributed by atoms with Crippen molar-refractivity contribution in [3.05, 3.63) is 29.8 Å². The number of urea groups is 1. The maximum atomic E-state index is 13.8. The van der Waals surface area contributed by atoms with Crippen molar-refractivity contribution >= 4 is 35.3 Å². The first-order chi connectivity index (χ1) is 22.1. The summed E-state index contributed by atoms with van der Waals surface area (Å²) in [6, 6.07) is 5.23. The Balaban J connectivity index is 2.19. The van der Waals surface area contributed by atoms with Crippen LogP contribution in [0.3, 0.4) is 0 Å². The van der Waals surface area contributed by atoms with Gasteiger partial charge in [0.15, 0.2) is 0 Å². The van der Waals surface area contributed by atoms with Crippen molar-refractivity contribution in [2.45, 2.75) is 132 Å². The third kappa shape index (κ3) is 10.9. The van der Waals surface area contributed by atoms with E-state index in [0.717, 1.165) is 12.0 Å². The summed E-state index contributed by atoms with van der Waals surface area (Å²) >= 11 is 0. The Hall–Kier alpha value is -3.67. The summed E-state index contributed by atoms with van der Waals surface area (Å²) < 4.78 is 0. The summed E-state index contributed by atoms with van der Waals surface area (Å²) in [6.45, 7) is 19.0. The smallest absolute Gasteiger partial charge is 0.312 e. The minimum atomic E-state index is -1.17. The molecule has 48 heavy (non-hydrogen) atoms. The van der Waals surface area contributed by atoms with Crippen LogP contribution in [0.4, 0.5) is 10.5 Å². The average molecular weight is 673 g/mol. The van der Waals surface area contributed by atoms with Gasteiger partial charge in [-0.3, -0.25) is 24.1 Å². The van der Waals surface area contributed by atoms with Crippen LogP contribution in [-0.4, -0.2) is 70.1 Å². The fourth-order valence-corrected chi connectivity index (χ4v) is 6.47. The van der Waals surface area contributed by atoms with Crippen molar-refractivity contribution in [1.82, 2.24) is 20.9 Å². The van der Waals surface area contributed by atoms with Crippen molar-refractivity contribution in [1.29, 1.82) is 0 Å². The van der Waals surface area contributed by atoms with E-state index in [2.05, 4.69) is 21.3 Å². The fraction of sp³-hybridized carbons (Fsp3) is 0.694. The molecule has 0 aliphatic carbocycles. The monoisotopic (exact) mass is 672 g/mol. The van der Waals surface area contributed by atoms with Crippen molar-refractivity contribution in [3.8, 4) is 0 Å². The third-order valence-corrected chi connectivity index (χ3v) is 9.71. The number of nitrogens with two attached hydrogens (primary N) is 1. The van der Waals surface area contributed by atoms with Crippen LogP contribution in [0.25, 0.3) is 0 Å². The number of carbonyl (C=O) groups is 5. The molecular formula is C36H60N6O6. The summed E-state index contributed by atoms with van der Waals surface area (Å²) in [7, 11) is 0. The second-order valence-corrected chi connectivity index (χ2v) is 15.5. The molecular weight excluding hydrogens is 612 g/mol. The lowest BCUT2D eigenvalue weighted by Gasteiger charge is -2.48. The number of carbonyl (C=O) groups excluding carboxylic acids is 5. The maximum Gasteiger partial charge on any atom is 0.312 e. The summed E-state index contributed by atoms with van der Waals surface area (Å²) in [5, 5.41) is 22.5. The van der Waals surface area contributed by atoms with Crippen LogP contribution < -0.4 is 27.0 Å². The molecule has 7 N–H and O–H groups in total. The topological polar surface area (TPSA) is 183 Å². The molecule has 0 aromatic heterocycles. The highest BCUT2D eigenvalue weighted by Gasteiger charge is 2.49. The van der Waals surface area contributed by atoms with E-state index in [1.165, 1.54) is 4.90 Å². The highest BCUT2D eigenvalue weighted by atomic mass is 16.3. The van der Waals surface area contributed by atoms with E-state index in [9.17, 15) is 29.1 Å². The second kappa shape index (κ2) is 16.6. The van der Waals surface area contributed by atoms with Gasteiger partial charge < -0.3 is 32.1 Å². The highest BCUT2D eigenvalue weighted by molar-refractivity contribution is 5.99. The molecule has 12 heteroatoms. The van der Waals surface area contributed by atoms with E-state index < -0.39 is 52.5 Å². The van der Waals surface area contributed by atoms with Crippen LogP contribution in [0.5, 0.6) is 0 Å². The van der Waals surface area contributed by atoms with Crippen LogP contribution in [-0.2, 0) is 25.6 Å². The van der Waals surface area contributed by atoms with Gasteiger partial charge in [0.25, 0.3) is 0 Å². The molecule has 1 aromatic rings. The van der Waals surface area contributed by atoms with Gasteiger partial charge in [0.05, 0.1) is 6.04 Å². The van der Waals surface area contributed by atoms with Gasteiger partial charge in [0.2, 0.25) is 23.6 Å². The Kier molecular flexibility index (Phi) is 14.0. The van der Waals surface area contributed by atoms with Crippen molar-refractivity contribution in [3.63, 3.8) is 0 Å². The van der Waals surface area contributed by atoms with E-state index in [1.54, 1.807) is 27.7 Å². The number of piperidine rings is 1. The van der Waals surface area contributed by atoms with Crippen LogP contribution in [0.1, 0.15) is 107 Å². The van der Waals surface area contributed by atoms with Gasteiger partial charge in [0.1, 0.15) is 12.3 Å². The van der Waals surface area contributed by atoms with Crippen molar-refractivity contribution in [2.75, 3.05) is 11.9 Å². The zero-order valence-electron chi connectivity index (χ0n) is 30.7. The number of amides is 6. The molecule has 2 rings (SSSR count). The number of nitrogens with zero attached hydrogens (tertiary/aromatic N) is 1. The van der Waals surface area contributed by atoms with Crippen molar-refractivity contribution in [2.24, 2.45) is 28.4 Å². The number of likely N-dealkylation sites (tertiary alicyclic amines) is 1. The third-order valence-electron chi connectivity index (χ3n) is 9.71. The first-order valence-corrected chi connectivity index (χ1v) is 17.2. The molecule has 1 aliphatic rings. The van der Waals surface area contributed by atoms with E-state index in [4.69, 9.17) is 5.73 Å². The van der Waals surface area contributed by atoms with Gasteiger partial charge in [-0.25, -0.2) is 4.79 Å². The Morgan fingerprint density at radius 1 is 0.979 bits per heavy atom. The Morgan fingerprint density at radius 3 is 2.02 bits per heavy atom. The second-order valence-electron chi connectivity index (χ2n) is 15.5. The van der Waals surface area contributed by atoms with Gasteiger partial charge in [-0.05, 0) is 74.5 Å². The number of nitrogens with one attached hydrogen (secondary N) is 4. The molecule has 1 unspecified atom stereocenters. The molecule has 1 fully saturated rings. The molecule has 0 bridgehead atoms. The van der Waals surface area contributed by atoms with Crippen LogP contribution in [0.2, 0.25) is 0 Å². The molecule has 6 amide bonds. The van der Waals surface area contributed by atoms with Gasteiger partial charge in [-0.2, -0.15) is 0 Å². The number of imide groups is 1. The number of primary amides is 1. The Morgan fingerprint density at radius 2 is 1.54 bits per heavy atom. The van der Waals surface area contributed by atoms with Gasteiger partial charge >= 0.3 is 6.03 Å². The highest BCUT2D eigenvalue weighted by Crippen LogP contribution is 2.43. The van der Waals surface area contributed by atoms with E-state index in [1.807, 2.05) is 65.8 Å². The summed E-state index contributed by atoms with van der Waals surface area (Å²) in [4.78, 5) is 66.6. The lowest BCUT2D eigenvalue weighted by atomic mass is 9.69. The fourth-order valence-electron chi connectivity index (χ4n) is 6.47. The van der Waals surface area contributed by atoms with Gasteiger partial charge in [-0.1, -0.05) is 67.5 Å². The molecule has 1 aromatic carbocycles. The minimum absolute atomic E-state index is 0.160. The first-order valence-electron chi connectivity index (χ1n) is 17.2. The molecule has 0 saturated carbocycles. The Bertz CT molecular complexity index is 1270. The van der Waals surface area contributed by atoms with Gasteiger partial charge in [-0.15, -0.1) is 0 Å². The van der Waals surface area contributed by atoms with E-state index >= 15 is 0 Å². The quantitative estimate of drug-likeness (QED) is 0.0819. The number of hydrogen-bond donors (Lipinski definition) is 6. The standard InChI is InChI=1S/C36H60N6O6/c1-11-24-14-16-25(17-15-24)39-30(45)26(13-12-18-38-33(37)48)40-31(46)29(22(2)3)41-32(47)34(6,7)21-35(8,9)42-27(43)19-36(10,23(4)5)20-28(42)44/h14-17,22-23,26,29-30,39,45H,11-13,18-21H2,1-10H3,(H,40,46)(H,41,47)(H3,37,38,48)/t26-,29-,30?/m0/s1. The van der Waals surface area contributed by atoms with Crippen LogP contribution in [0.15, 0.2) is 24.3 Å². The number of aliphatic hydroxyl groups excluding tert-OH is 1. The lowest BCUT2D eigenvalue weighted by Crippen LogP contribution is -2.60. The lowest BCUT2D eigenvalue weighted by molar-refractivity contribution is -0.163. The zero-order chi connectivity index (χ0) is 36.6. The van der Waals surface area contributed by atoms with Crippen molar-refractivity contribution < 1.29 is 29.1 Å². The number of anilines is 1. The molecule has 1 aliphatic heterocycles. The molecule has 0 radical (unpaired) electrons. The number of hydrogen-bond acceptors (Lipinski definition) is 7. The molecule has 270 valence electrons. The zero-order valence-corrected chi connectivity index (χ0v) is 30.7. The van der Waals surface area contributed by atoms with E-state index in [-0.39, 0.29) is 49.5 Å². The molecule has 12 nitrogen and oxygen atoms in total. The largest absolute Gasteiger partial charge is 0.372 e. The number of aliphatic hydroxyl groups is 1. The predicted octanol–water partition coefficient (Wildman–Crippen LogP) is 4.06. The first kappa shape index (κ1) is 40.5. The Labute approximate surface area is 286 Å². The maximum absolute atomic E-state index is 13.8. The molecule has 0 spiro atoms. The number of rotatable bonds is 17. The van der Waals surface area contributed by atoms with Crippen LogP contribution >= 0.6 is 0 Å². The number of benzene rings is 1. The van der Waals surface area contributed by atoms with E-state index in [0.29, 0.717) is 18.5 Å². The molecule has 1 saturated heterocycles. The van der Waals surface area contributed by atoms with Gasteiger partial charge in [0, 0.05) is 36.0 Å².